The van der Waals surface area contributed by atoms with E-state index in [1.165, 1.54) is 6.07 Å². The van der Waals surface area contributed by atoms with Gasteiger partial charge in [0.15, 0.2) is 0 Å². The molecule has 2 aromatic carbocycles. The van der Waals surface area contributed by atoms with Crippen molar-refractivity contribution in [3.63, 3.8) is 0 Å². The lowest BCUT2D eigenvalue weighted by Crippen LogP contribution is -2.21. The molecule has 21 heavy (non-hydrogen) atoms. The van der Waals surface area contributed by atoms with Crippen LogP contribution in [0.5, 0.6) is 11.5 Å². The molecule has 0 saturated carbocycles. The third-order valence-corrected chi connectivity index (χ3v) is 3.88. The van der Waals surface area contributed by atoms with E-state index < -0.39 is 0 Å². The summed E-state index contributed by atoms with van der Waals surface area (Å²) in [6, 6.07) is 10.7. The van der Waals surface area contributed by atoms with Crippen LogP contribution in [0.4, 0.5) is 4.39 Å². The minimum Gasteiger partial charge on any atom is -0.457 e. The van der Waals surface area contributed by atoms with Crippen molar-refractivity contribution < 1.29 is 9.13 Å². The summed E-state index contributed by atoms with van der Waals surface area (Å²) in [5.41, 5.74) is 7.65. The predicted molar refractivity (Wildman–Crippen MR) is 87.3 cm³/mol. The van der Waals surface area contributed by atoms with Gasteiger partial charge in [0.05, 0.1) is 0 Å². The highest BCUT2D eigenvalue weighted by atomic mass is 79.9. The van der Waals surface area contributed by atoms with Crippen molar-refractivity contribution in [2.75, 3.05) is 0 Å². The van der Waals surface area contributed by atoms with Gasteiger partial charge in [0, 0.05) is 10.5 Å². The number of rotatable bonds is 5. The number of benzene rings is 2. The number of aryl methyl sites for hydroxylation is 1. The van der Waals surface area contributed by atoms with E-state index in [0.29, 0.717) is 11.3 Å². The van der Waals surface area contributed by atoms with Crippen LogP contribution in [0.25, 0.3) is 0 Å². The van der Waals surface area contributed by atoms with Crippen LogP contribution < -0.4 is 10.5 Å². The molecule has 112 valence electrons. The zero-order valence-electron chi connectivity index (χ0n) is 12.2. The smallest absolute Gasteiger partial charge is 0.130 e. The summed E-state index contributed by atoms with van der Waals surface area (Å²) >= 11 is 3.47. The number of nitrogens with two attached hydrogens (primary N) is 1. The minimum atomic E-state index is -0.230. The fourth-order valence-electron chi connectivity index (χ4n) is 2.04. The van der Waals surface area contributed by atoms with Crippen molar-refractivity contribution in [1.82, 2.24) is 0 Å². The molecule has 4 heteroatoms. The average molecular weight is 352 g/mol. The molecule has 0 amide bonds. The Kier molecular flexibility index (Phi) is 5.37. The van der Waals surface area contributed by atoms with Gasteiger partial charge in [-0.05, 0) is 67.3 Å². The highest BCUT2D eigenvalue weighted by Gasteiger charge is 2.10. The Balaban J connectivity index is 2.28. The lowest BCUT2D eigenvalue weighted by molar-refractivity contribution is 0.469. The van der Waals surface area contributed by atoms with Crippen LogP contribution in [0.3, 0.4) is 0 Å². The van der Waals surface area contributed by atoms with Crippen LogP contribution in [0.2, 0.25) is 0 Å². The second-order valence-corrected chi connectivity index (χ2v) is 6.05. The van der Waals surface area contributed by atoms with Crippen LogP contribution in [-0.2, 0) is 6.42 Å². The van der Waals surface area contributed by atoms with E-state index in [1.807, 2.05) is 18.2 Å². The highest BCUT2D eigenvalue weighted by molar-refractivity contribution is 9.10. The molecule has 2 nitrogen and oxygen atoms in total. The van der Waals surface area contributed by atoms with E-state index in [1.54, 1.807) is 19.1 Å². The van der Waals surface area contributed by atoms with Crippen molar-refractivity contribution in [1.29, 1.82) is 0 Å². The molecule has 0 fully saturated rings. The zero-order valence-corrected chi connectivity index (χ0v) is 13.8. The molecule has 0 aliphatic rings. The number of hydrogen-bond donors (Lipinski definition) is 1. The van der Waals surface area contributed by atoms with Gasteiger partial charge >= 0.3 is 0 Å². The molecule has 2 N–H and O–H groups in total. The molecule has 1 atom stereocenters. The normalized spacial score (nSPS) is 12.2. The van der Waals surface area contributed by atoms with E-state index >= 15 is 0 Å². The molecule has 0 aromatic heterocycles. The second-order valence-electron chi connectivity index (χ2n) is 5.14. The minimum absolute atomic E-state index is 0.0941. The molecule has 0 aliphatic carbocycles. The largest absolute Gasteiger partial charge is 0.457 e. The molecule has 0 aliphatic heterocycles. The van der Waals surface area contributed by atoms with Gasteiger partial charge in [-0.15, -0.1) is 0 Å². The van der Waals surface area contributed by atoms with Gasteiger partial charge in [-0.25, -0.2) is 4.39 Å². The maximum atomic E-state index is 13.3. The zero-order chi connectivity index (χ0) is 15.4. The van der Waals surface area contributed by atoms with Crippen LogP contribution in [0.15, 0.2) is 40.9 Å². The molecular formula is C17H19BrFNO. The summed E-state index contributed by atoms with van der Waals surface area (Å²) in [7, 11) is 0. The maximum Gasteiger partial charge on any atom is 0.130 e. The SMILES string of the molecule is CCC(N)Cc1cc(Br)ccc1Oc1ccc(F)c(C)c1. The first-order chi connectivity index (χ1) is 9.99. The number of hydrogen-bond acceptors (Lipinski definition) is 2. The van der Waals surface area contributed by atoms with Gasteiger partial charge in [-0.1, -0.05) is 22.9 Å². The van der Waals surface area contributed by atoms with E-state index in [4.69, 9.17) is 10.5 Å². The molecule has 2 rings (SSSR count). The highest BCUT2D eigenvalue weighted by Crippen LogP contribution is 2.30. The Hall–Kier alpha value is -1.39. The van der Waals surface area contributed by atoms with E-state index in [-0.39, 0.29) is 11.9 Å². The molecule has 0 bridgehead atoms. The summed E-state index contributed by atoms with van der Waals surface area (Å²) in [4.78, 5) is 0. The summed E-state index contributed by atoms with van der Waals surface area (Å²) in [6.07, 6.45) is 1.65. The molecule has 0 spiro atoms. The standard InChI is InChI=1S/C17H19BrFNO/c1-3-14(20)10-12-9-13(18)4-7-17(12)21-15-5-6-16(19)11(2)8-15/h4-9,14H,3,10,20H2,1-2H3. The first-order valence-corrected chi connectivity index (χ1v) is 7.77. The number of ether oxygens (including phenoxy) is 1. The van der Waals surface area contributed by atoms with Crippen LogP contribution in [0, 0.1) is 12.7 Å². The summed E-state index contributed by atoms with van der Waals surface area (Å²) in [6.45, 7) is 3.78. The van der Waals surface area contributed by atoms with Crippen molar-refractivity contribution in [2.45, 2.75) is 32.7 Å². The first kappa shape index (κ1) is 16.0. The van der Waals surface area contributed by atoms with Gasteiger partial charge in [0.25, 0.3) is 0 Å². The van der Waals surface area contributed by atoms with Crippen LogP contribution >= 0.6 is 15.9 Å². The molecule has 0 heterocycles. The molecule has 0 saturated heterocycles. The van der Waals surface area contributed by atoms with Gasteiger partial charge in [0.1, 0.15) is 17.3 Å². The van der Waals surface area contributed by atoms with E-state index in [9.17, 15) is 4.39 Å². The Morgan fingerprint density at radius 3 is 2.67 bits per heavy atom. The van der Waals surface area contributed by atoms with Crippen molar-refractivity contribution >= 4 is 15.9 Å². The van der Waals surface area contributed by atoms with Crippen molar-refractivity contribution in [2.24, 2.45) is 5.73 Å². The topological polar surface area (TPSA) is 35.2 Å². The summed E-state index contributed by atoms with van der Waals surface area (Å²) in [5.74, 6) is 1.15. The lowest BCUT2D eigenvalue weighted by Gasteiger charge is -2.15. The van der Waals surface area contributed by atoms with Crippen LogP contribution in [0.1, 0.15) is 24.5 Å². The first-order valence-electron chi connectivity index (χ1n) is 6.97. The molecule has 2 aromatic rings. The lowest BCUT2D eigenvalue weighted by atomic mass is 10.0. The van der Waals surface area contributed by atoms with E-state index in [2.05, 4.69) is 22.9 Å². The van der Waals surface area contributed by atoms with Gasteiger partial charge < -0.3 is 10.5 Å². The quantitative estimate of drug-likeness (QED) is 0.825. The summed E-state index contributed by atoms with van der Waals surface area (Å²) in [5, 5.41) is 0. The Morgan fingerprint density at radius 1 is 1.24 bits per heavy atom. The Labute approximate surface area is 133 Å². The van der Waals surface area contributed by atoms with Gasteiger partial charge in [-0.3, -0.25) is 0 Å². The fraction of sp³-hybridized carbons (Fsp3) is 0.294. The van der Waals surface area contributed by atoms with Crippen molar-refractivity contribution in [3.05, 3.63) is 57.8 Å². The second kappa shape index (κ2) is 7.05. The summed E-state index contributed by atoms with van der Waals surface area (Å²) < 4.78 is 20.2. The van der Waals surface area contributed by atoms with Crippen LogP contribution in [-0.4, -0.2) is 6.04 Å². The Morgan fingerprint density at radius 2 is 2.00 bits per heavy atom. The predicted octanol–water partition coefficient (Wildman–Crippen LogP) is 4.97. The fourth-order valence-corrected chi connectivity index (χ4v) is 2.45. The number of halogens is 2. The van der Waals surface area contributed by atoms with Gasteiger partial charge in [-0.2, -0.15) is 0 Å². The molecular weight excluding hydrogens is 333 g/mol. The third kappa shape index (κ3) is 4.29. The average Bonchev–Trinajstić information content (AvgIpc) is 2.45. The monoisotopic (exact) mass is 351 g/mol. The molecule has 1 unspecified atom stereocenters. The van der Waals surface area contributed by atoms with Crippen molar-refractivity contribution in [3.8, 4) is 11.5 Å². The van der Waals surface area contributed by atoms with Gasteiger partial charge in [0.2, 0.25) is 0 Å². The Bertz CT molecular complexity index is 630. The van der Waals surface area contributed by atoms with E-state index in [0.717, 1.165) is 28.6 Å². The third-order valence-electron chi connectivity index (χ3n) is 3.39. The maximum absolute atomic E-state index is 13.3. The molecule has 0 radical (unpaired) electrons.